The lowest BCUT2D eigenvalue weighted by Crippen LogP contribution is -2.39. The second-order valence-corrected chi connectivity index (χ2v) is 5.69. The van der Waals surface area contributed by atoms with Crippen molar-refractivity contribution in [1.82, 2.24) is 10.2 Å². The molecule has 3 nitrogen and oxygen atoms in total. The molecule has 4 heteroatoms. The normalized spacial score (nSPS) is 31.4. The van der Waals surface area contributed by atoms with Gasteiger partial charge in [-0.1, -0.05) is 6.92 Å². The van der Waals surface area contributed by atoms with Crippen molar-refractivity contribution in [2.45, 2.75) is 64.5 Å². The van der Waals surface area contributed by atoms with E-state index < -0.39 is 0 Å². The van der Waals surface area contributed by atoms with Gasteiger partial charge in [0, 0.05) is 18.5 Å². The molecule has 2 fully saturated rings. The van der Waals surface area contributed by atoms with Gasteiger partial charge in [-0.25, -0.2) is 0 Å². The summed E-state index contributed by atoms with van der Waals surface area (Å²) in [5.41, 5.74) is 0. The molecule has 0 saturated carbocycles. The number of carbonyl (C=O) groups is 1. The summed E-state index contributed by atoms with van der Waals surface area (Å²) in [6, 6.07) is 0.980. The molecule has 0 aromatic heterocycles. The monoisotopic (exact) mass is 274 g/mol. The van der Waals surface area contributed by atoms with E-state index in [2.05, 4.69) is 24.1 Å². The number of halogens is 1. The Morgan fingerprint density at radius 3 is 2.72 bits per heavy atom. The van der Waals surface area contributed by atoms with E-state index in [4.69, 9.17) is 0 Å². The minimum atomic E-state index is 0. The van der Waals surface area contributed by atoms with Crippen molar-refractivity contribution >= 4 is 18.3 Å². The summed E-state index contributed by atoms with van der Waals surface area (Å²) in [6.45, 7) is 6.64. The summed E-state index contributed by atoms with van der Waals surface area (Å²) in [5.74, 6) is 1.13. The summed E-state index contributed by atoms with van der Waals surface area (Å²) in [5, 5.41) is 3.37. The topological polar surface area (TPSA) is 32.3 Å². The van der Waals surface area contributed by atoms with Gasteiger partial charge in [0.1, 0.15) is 0 Å². The molecule has 2 aliphatic rings. The van der Waals surface area contributed by atoms with Crippen LogP contribution in [0.1, 0.15) is 52.4 Å². The Bertz CT molecular complexity index is 267. The Balaban J connectivity index is 0.00000162. The van der Waals surface area contributed by atoms with Gasteiger partial charge >= 0.3 is 0 Å². The van der Waals surface area contributed by atoms with E-state index in [1.54, 1.807) is 0 Å². The Labute approximate surface area is 117 Å². The van der Waals surface area contributed by atoms with Crippen molar-refractivity contribution in [3.05, 3.63) is 0 Å². The van der Waals surface area contributed by atoms with Crippen LogP contribution in [0.25, 0.3) is 0 Å². The lowest BCUT2D eigenvalue weighted by molar-refractivity contribution is -0.134. The standard InChI is InChI=1S/C14H26N2O.ClH/c1-3-13-6-4-11(2)16(13)14(17)7-5-12-8-9-15-10-12;/h11-13,15H,3-10H2,1-2H3;1H. The smallest absolute Gasteiger partial charge is 0.223 e. The number of amides is 1. The van der Waals surface area contributed by atoms with E-state index >= 15 is 0 Å². The molecule has 3 atom stereocenters. The Kier molecular flexibility index (Phi) is 6.44. The van der Waals surface area contributed by atoms with Gasteiger partial charge < -0.3 is 10.2 Å². The molecule has 0 bridgehead atoms. The molecule has 0 radical (unpaired) electrons. The number of carbonyl (C=O) groups excluding carboxylic acids is 1. The van der Waals surface area contributed by atoms with E-state index in [-0.39, 0.29) is 12.4 Å². The summed E-state index contributed by atoms with van der Waals surface area (Å²) in [4.78, 5) is 14.5. The predicted molar refractivity (Wildman–Crippen MR) is 77.1 cm³/mol. The van der Waals surface area contributed by atoms with Crippen LogP contribution < -0.4 is 5.32 Å². The van der Waals surface area contributed by atoms with E-state index in [1.807, 2.05) is 0 Å². The van der Waals surface area contributed by atoms with Crippen molar-refractivity contribution in [2.24, 2.45) is 5.92 Å². The highest BCUT2D eigenvalue weighted by molar-refractivity contribution is 5.85. The van der Waals surface area contributed by atoms with Crippen molar-refractivity contribution in [2.75, 3.05) is 13.1 Å². The van der Waals surface area contributed by atoms with Crippen molar-refractivity contribution in [3.8, 4) is 0 Å². The maximum atomic E-state index is 12.3. The molecule has 0 spiro atoms. The molecule has 2 saturated heterocycles. The van der Waals surface area contributed by atoms with E-state index in [9.17, 15) is 4.79 Å². The molecular formula is C14H27ClN2O. The third-order valence-electron chi connectivity index (χ3n) is 4.47. The van der Waals surface area contributed by atoms with Crippen LogP contribution in [-0.2, 0) is 4.79 Å². The largest absolute Gasteiger partial charge is 0.337 e. The molecule has 2 heterocycles. The number of nitrogens with one attached hydrogen (secondary N) is 1. The Morgan fingerprint density at radius 1 is 1.33 bits per heavy atom. The zero-order chi connectivity index (χ0) is 12.3. The highest BCUT2D eigenvalue weighted by Crippen LogP contribution is 2.27. The summed E-state index contributed by atoms with van der Waals surface area (Å²) >= 11 is 0. The first kappa shape index (κ1) is 15.8. The first-order valence-electron chi connectivity index (χ1n) is 7.24. The molecule has 0 aromatic carbocycles. The number of hydrogen-bond acceptors (Lipinski definition) is 2. The third kappa shape index (κ3) is 3.61. The molecule has 1 amide bonds. The fourth-order valence-electron chi connectivity index (χ4n) is 3.34. The molecule has 1 N–H and O–H groups in total. The van der Waals surface area contributed by atoms with E-state index in [0.29, 0.717) is 18.0 Å². The average molecular weight is 275 g/mol. The van der Waals surface area contributed by atoms with Crippen molar-refractivity contribution in [1.29, 1.82) is 0 Å². The van der Waals surface area contributed by atoms with Gasteiger partial charge in [-0.3, -0.25) is 4.79 Å². The number of likely N-dealkylation sites (tertiary alicyclic amines) is 1. The highest BCUT2D eigenvalue weighted by atomic mass is 35.5. The summed E-state index contributed by atoms with van der Waals surface area (Å²) in [6.07, 6.45) is 6.59. The predicted octanol–water partition coefficient (Wildman–Crippen LogP) is 2.59. The number of rotatable bonds is 4. The zero-order valence-corrected chi connectivity index (χ0v) is 12.5. The van der Waals surface area contributed by atoms with Gasteiger partial charge in [0.25, 0.3) is 0 Å². The minimum absolute atomic E-state index is 0. The lowest BCUT2D eigenvalue weighted by atomic mass is 10.0. The SMILES string of the molecule is CCC1CCC(C)N1C(=O)CCC1CCNC1.Cl. The van der Waals surface area contributed by atoms with Crippen molar-refractivity contribution < 1.29 is 4.79 Å². The van der Waals surface area contributed by atoms with Crippen LogP contribution in [0.5, 0.6) is 0 Å². The minimum Gasteiger partial charge on any atom is -0.337 e. The van der Waals surface area contributed by atoms with Crippen LogP contribution in [0, 0.1) is 5.92 Å². The average Bonchev–Trinajstić information content (AvgIpc) is 2.94. The maximum Gasteiger partial charge on any atom is 0.223 e. The lowest BCUT2D eigenvalue weighted by Gasteiger charge is -2.28. The molecule has 3 unspecified atom stereocenters. The Hall–Kier alpha value is -0.280. The van der Waals surface area contributed by atoms with Crippen molar-refractivity contribution in [3.63, 3.8) is 0 Å². The molecule has 2 rings (SSSR count). The molecule has 0 aromatic rings. The maximum absolute atomic E-state index is 12.3. The second kappa shape index (κ2) is 7.34. The molecule has 106 valence electrons. The van der Waals surface area contributed by atoms with Gasteiger partial charge in [-0.2, -0.15) is 0 Å². The number of hydrogen-bond donors (Lipinski definition) is 1. The van der Waals surface area contributed by atoms with Crippen LogP contribution in [0.3, 0.4) is 0 Å². The first-order chi connectivity index (χ1) is 8.22. The fraction of sp³-hybridized carbons (Fsp3) is 0.929. The Morgan fingerprint density at radius 2 is 2.11 bits per heavy atom. The summed E-state index contributed by atoms with van der Waals surface area (Å²) in [7, 11) is 0. The fourth-order valence-corrected chi connectivity index (χ4v) is 3.34. The molecule has 18 heavy (non-hydrogen) atoms. The quantitative estimate of drug-likeness (QED) is 0.855. The van der Waals surface area contributed by atoms with Gasteiger partial charge in [0.2, 0.25) is 5.91 Å². The van der Waals surface area contributed by atoms with Crippen LogP contribution in [0.2, 0.25) is 0 Å². The summed E-state index contributed by atoms with van der Waals surface area (Å²) < 4.78 is 0. The third-order valence-corrected chi connectivity index (χ3v) is 4.47. The van der Waals surface area contributed by atoms with Crippen LogP contribution in [0.4, 0.5) is 0 Å². The van der Waals surface area contributed by atoms with Gasteiger partial charge in [-0.05, 0) is 58.0 Å². The van der Waals surface area contributed by atoms with Crippen LogP contribution in [0.15, 0.2) is 0 Å². The van der Waals surface area contributed by atoms with Gasteiger partial charge in [-0.15, -0.1) is 12.4 Å². The van der Waals surface area contributed by atoms with Crippen LogP contribution in [-0.4, -0.2) is 36.0 Å². The zero-order valence-electron chi connectivity index (χ0n) is 11.7. The number of nitrogens with zero attached hydrogens (tertiary/aromatic N) is 1. The van der Waals surface area contributed by atoms with E-state index in [0.717, 1.165) is 38.3 Å². The first-order valence-corrected chi connectivity index (χ1v) is 7.24. The highest BCUT2D eigenvalue weighted by Gasteiger charge is 2.32. The van der Waals surface area contributed by atoms with Crippen LogP contribution >= 0.6 is 12.4 Å². The molecule has 0 aliphatic carbocycles. The van der Waals surface area contributed by atoms with E-state index in [1.165, 1.54) is 19.3 Å². The molecule has 2 aliphatic heterocycles. The van der Waals surface area contributed by atoms with Gasteiger partial charge in [0.05, 0.1) is 0 Å². The molecular weight excluding hydrogens is 248 g/mol. The second-order valence-electron chi connectivity index (χ2n) is 5.69. The van der Waals surface area contributed by atoms with Gasteiger partial charge in [0.15, 0.2) is 0 Å².